The van der Waals surface area contributed by atoms with E-state index >= 15 is 0 Å². The molecule has 94 valence electrons. The van der Waals surface area contributed by atoms with Crippen molar-refractivity contribution in [1.29, 1.82) is 0 Å². The zero-order valence-corrected chi connectivity index (χ0v) is 11.4. The number of carboxylic acid groups (broad SMARTS) is 1. The molecule has 18 heavy (non-hydrogen) atoms. The Morgan fingerprint density at radius 3 is 2.78 bits per heavy atom. The third-order valence-corrected chi connectivity index (χ3v) is 3.63. The Morgan fingerprint density at radius 2 is 2.17 bits per heavy atom. The second-order valence-corrected chi connectivity index (χ2v) is 5.34. The number of hydrogen-bond acceptors (Lipinski definition) is 3. The summed E-state index contributed by atoms with van der Waals surface area (Å²) in [7, 11) is 0. The molecular weight excluding hydrogens is 323 g/mol. The van der Waals surface area contributed by atoms with E-state index in [-0.39, 0.29) is 11.6 Å². The van der Waals surface area contributed by atoms with E-state index in [9.17, 15) is 9.18 Å². The predicted molar refractivity (Wildman–Crippen MR) is 69.3 cm³/mol. The van der Waals surface area contributed by atoms with E-state index in [1.807, 2.05) is 0 Å². The Labute approximate surface area is 115 Å². The van der Waals surface area contributed by atoms with Gasteiger partial charge in [0.25, 0.3) is 0 Å². The number of furan rings is 1. The molecule has 0 amide bonds. The van der Waals surface area contributed by atoms with Crippen molar-refractivity contribution in [2.45, 2.75) is 10.8 Å². The lowest BCUT2D eigenvalue weighted by molar-refractivity contribution is 0.0656. The van der Waals surface area contributed by atoms with Crippen LogP contribution in [-0.4, -0.2) is 11.1 Å². The van der Waals surface area contributed by atoms with E-state index in [1.165, 1.54) is 23.9 Å². The van der Waals surface area contributed by atoms with E-state index in [0.717, 1.165) is 0 Å². The molecule has 0 saturated heterocycles. The fourth-order valence-corrected chi connectivity index (χ4v) is 2.48. The van der Waals surface area contributed by atoms with Crippen molar-refractivity contribution >= 4 is 33.7 Å². The molecule has 0 fully saturated rings. The summed E-state index contributed by atoms with van der Waals surface area (Å²) in [5.41, 5.74) is 0.538. The van der Waals surface area contributed by atoms with Gasteiger partial charge in [0.1, 0.15) is 5.82 Å². The molecule has 0 aliphatic heterocycles. The number of carboxylic acids is 1. The van der Waals surface area contributed by atoms with Crippen molar-refractivity contribution < 1.29 is 18.7 Å². The van der Waals surface area contributed by atoms with Crippen LogP contribution in [0.3, 0.4) is 0 Å². The highest BCUT2D eigenvalue weighted by molar-refractivity contribution is 9.10. The van der Waals surface area contributed by atoms with Gasteiger partial charge in [-0.1, -0.05) is 33.8 Å². The summed E-state index contributed by atoms with van der Waals surface area (Å²) in [5, 5.41) is 9.14. The van der Waals surface area contributed by atoms with Gasteiger partial charge in [-0.05, 0) is 29.8 Å². The molecule has 0 bridgehead atoms. The summed E-state index contributed by atoms with van der Waals surface area (Å²) in [6.45, 7) is 0. The van der Waals surface area contributed by atoms with Crippen molar-refractivity contribution in [2.75, 3.05) is 0 Å². The van der Waals surface area contributed by atoms with Crippen LogP contribution in [-0.2, 0) is 5.75 Å². The molecule has 0 radical (unpaired) electrons. The summed E-state index contributed by atoms with van der Waals surface area (Å²) in [6.07, 6.45) is 0. The fourth-order valence-electron chi connectivity index (χ4n) is 1.30. The maximum atomic E-state index is 13.5. The second kappa shape index (κ2) is 5.58. The minimum Gasteiger partial charge on any atom is -0.475 e. The molecule has 0 atom stereocenters. The van der Waals surface area contributed by atoms with Gasteiger partial charge in [-0.25, -0.2) is 9.18 Å². The van der Waals surface area contributed by atoms with Crippen molar-refractivity contribution in [3.63, 3.8) is 0 Å². The predicted octanol–water partition coefficient (Wildman–Crippen LogP) is 4.17. The van der Waals surface area contributed by atoms with E-state index in [0.29, 0.717) is 20.9 Å². The van der Waals surface area contributed by atoms with Crippen LogP contribution in [0.15, 0.2) is 44.3 Å². The van der Waals surface area contributed by atoms with Crippen molar-refractivity contribution in [3.8, 4) is 0 Å². The van der Waals surface area contributed by atoms with E-state index < -0.39 is 5.97 Å². The first kappa shape index (κ1) is 13.2. The Hall–Kier alpha value is -1.27. The molecule has 1 aromatic heterocycles. The monoisotopic (exact) mass is 330 g/mol. The number of hydrogen-bond donors (Lipinski definition) is 1. The van der Waals surface area contributed by atoms with Gasteiger partial charge in [-0.3, -0.25) is 0 Å². The van der Waals surface area contributed by atoms with Gasteiger partial charge in [0.2, 0.25) is 5.76 Å². The van der Waals surface area contributed by atoms with Crippen LogP contribution in [0, 0.1) is 5.82 Å². The molecule has 1 aromatic carbocycles. The van der Waals surface area contributed by atoms with Gasteiger partial charge in [0.15, 0.2) is 5.09 Å². The van der Waals surface area contributed by atoms with E-state index in [2.05, 4.69) is 15.9 Å². The minimum atomic E-state index is -1.11. The fraction of sp³-hybridized carbons (Fsp3) is 0.0833. The summed E-state index contributed by atoms with van der Waals surface area (Å²) < 4.78 is 19.3. The van der Waals surface area contributed by atoms with Gasteiger partial charge < -0.3 is 9.52 Å². The molecule has 0 aliphatic carbocycles. The van der Waals surface area contributed by atoms with Crippen LogP contribution < -0.4 is 0 Å². The molecule has 0 aliphatic rings. The van der Waals surface area contributed by atoms with Gasteiger partial charge >= 0.3 is 5.97 Å². The number of thioether (sulfide) groups is 1. The molecule has 2 aromatic rings. The first-order chi connectivity index (χ1) is 8.56. The second-order valence-electron chi connectivity index (χ2n) is 3.45. The number of halogens is 2. The maximum Gasteiger partial charge on any atom is 0.371 e. The Bertz CT molecular complexity index is 582. The first-order valence-electron chi connectivity index (χ1n) is 4.96. The Balaban J connectivity index is 2.04. The van der Waals surface area contributed by atoms with Crippen molar-refractivity contribution in [2.24, 2.45) is 0 Å². The lowest BCUT2D eigenvalue weighted by Gasteiger charge is -2.01. The molecule has 0 spiro atoms. The van der Waals surface area contributed by atoms with Crippen molar-refractivity contribution in [3.05, 3.63) is 51.9 Å². The number of rotatable bonds is 4. The van der Waals surface area contributed by atoms with Gasteiger partial charge in [-0.15, -0.1) is 0 Å². The van der Waals surface area contributed by atoms with Gasteiger partial charge in [0.05, 0.1) is 0 Å². The number of carbonyl (C=O) groups is 1. The Kier molecular flexibility index (Phi) is 4.08. The average molecular weight is 331 g/mol. The number of benzene rings is 1. The molecular formula is C12H8BrFO3S. The van der Waals surface area contributed by atoms with Gasteiger partial charge in [-0.2, -0.15) is 0 Å². The normalized spacial score (nSPS) is 10.6. The van der Waals surface area contributed by atoms with Crippen LogP contribution in [0.5, 0.6) is 0 Å². The third kappa shape index (κ3) is 3.14. The zero-order valence-electron chi connectivity index (χ0n) is 9.02. The lowest BCUT2D eigenvalue weighted by Crippen LogP contribution is -1.91. The highest BCUT2D eigenvalue weighted by Crippen LogP contribution is 2.27. The maximum absolute atomic E-state index is 13.5. The van der Waals surface area contributed by atoms with E-state index in [4.69, 9.17) is 9.52 Å². The molecule has 0 unspecified atom stereocenters. The van der Waals surface area contributed by atoms with E-state index in [1.54, 1.807) is 18.2 Å². The molecule has 1 N–H and O–H groups in total. The lowest BCUT2D eigenvalue weighted by atomic mass is 10.2. The third-order valence-electron chi connectivity index (χ3n) is 2.18. The summed E-state index contributed by atoms with van der Waals surface area (Å²) >= 11 is 4.43. The van der Waals surface area contributed by atoms with Crippen LogP contribution in [0.1, 0.15) is 16.1 Å². The van der Waals surface area contributed by atoms with Crippen LogP contribution in [0.4, 0.5) is 4.39 Å². The molecule has 6 heteroatoms. The minimum absolute atomic E-state index is 0.117. The summed E-state index contributed by atoms with van der Waals surface area (Å²) in [4.78, 5) is 10.6. The highest BCUT2D eigenvalue weighted by atomic mass is 79.9. The SMILES string of the molecule is O=C(O)c1ccc(SCc2ccc(Br)cc2F)o1. The summed E-state index contributed by atoms with van der Waals surface area (Å²) in [5.74, 6) is -1.15. The smallest absolute Gasteiger partial charge is 0.371 e. The quantitative estimate of drug-likeness (QED) is 0.854. The molecule has 2 rings (SSSR count). The average Bonchev–Trinajstić information content (AvgIpc) is 2.76. The Morgan fingerprint density at radius 1 is 1.39 bits per heavy atom. The van der Waals surface area contributed by atoms with Crippen LogP contribution >= 0.6 is 27.7 Å². The zero-order chi connectivity index (χ0) is 13.1. The van der Waals surface area contributed by atoms with Gasteiger partial charge in [0, 0.05) is 10.2 Å². The topological polar surface area (TPSA) is 50.4 Å². The van der Waals surface area contributed by atoms with Crippen molar-refractivity contribution in [1.82, 2.24) is 0 Å². The van der Waals surface area contributed by atoms with Crippen LogP contribution in [0.2, 0.25) is 0 Å². The highest BCUT2D eigenvalue weighted by Gasteiger charge is 2.10. The first-order valence-corrected chi connectivity index (χ1v) is 6.74. The molecule has 0 saturated carbocycles. The summed E-state index contributed by atoms with van der Waals surface area (Å²) in [6, 6.07) is 7.76. The largest absolute Gasteiger partial charge is 0.475 e. The van der Waals surface area contributed by atoms with Crippen LogP contribution in [0.25, 0.3) is 0 Å². The molecule has 1 heterocycles. The standard InChI is InChI=1S/C12H8BrFO3S/c13-8-2-1-7(9(14)5-8)6-18-11-4-3-10(17-11)12(15)16/h1-5H,6H2,(H,15,16). The molecule has 3 nitrogen and oxygen atoms in total. The number of aromatic carboxylic acids is 1.